The third-order valence-electron chi connectivity index (χ3n) is 9.80. The Labute approximate surface area is 276 Å². The molecule has 0 aromatic heterocycles. The predicted molar refractivity (Wildman–Crippen MR) is 196 cm³/mol. The predicted octanol–water partition coefficient (Wildman–Crippen LogP) is 11.2. The number of rotatable bonds is 11. The topological polar surface area (TPSA) is 0 Å². The lowest BCUT2D eigenvalue weighted by molar-refractivity contribution is 0.691. The lowest BCUT2D eigenvalue weighted by Crippen LogP contribution is -2.25. The van der Waals surface area contributed by atoms with Gasteiger partial charge in [-0.05, 0) is 107 Å². The quantitative estimate of drug-likeness (QED) is 0.130. The normalized spacial score (nSPS) is 11.5. The lowest BCUT2D eigenvalue weighted by atomic mass is 9.70. The van der Waals surface area contributed by atoms with E-state index >= 15 is 0 Å². The highest BCUT2D eigenvalue weighted by atomic mass is 14.3. The second-order valence-corrected chi connectivity index (χ2v) is 13.1. The summed E-state index contributed by atoms with van der Waals surface area (Å²) < 4.78 is 0. The number of hydrogen-bond acceptors (Lipinski definition) is 0. The molecule has 6 aromatic carbocycles. The van der Waals surface area contributed by atoms with Crippen LogP contribution in [0.4, 0.5) is 0 Å². The van der Waals surface area contributed by atoms with Crippen LogP contribution in [-0.4, -0.2) is 0 Å². The molecule has 6 rings (SSSR count). The second kappa shape index (κ2) is 14.2. The van der Waals surface area contributed by atoms with Crippen molar-refractivity contribution in [3.05, 3.63) is 212 Å². The molecule has 0 aliphatic carbocycles. The molecule has 0 spiro atoms. The minimum Gasteiger partial charge on any atom is -0.0613 e. The summed E-state index contributed by atoms with van der Waals surface area (Å²) in [7, 11) is 0. The molecular formula is C46H46. The molecule has 0 heteroatoms. The van der Waals surface area contributed by atoms with E-state index in [9.17, 15) is 0 Å². The molecular weight excluding hydrogens is 553 g/mol. The molecule has 0 atom stereocenters. The van der Waals surface area contributed by atoms with Gasteiger partial charge in [-0.1, -0.05) is 165 Å². The molecule has 0 amide bonds. The van der Waals surface area contributed by atoms with Crippen molar-refractivity contribution < 1.29 is 0 Å². The summed E-state index contributed by atoms with van der Waals surface area (Å²) in [6.45, 7) is 8.95. The van der Waals surface area contributed by atoms with E-state index in [1.807, 2.05) is 0 Å². The Bertz CT molecular complexity index is 1730. The highest BCUT2D eigenvalue weighted by molar-refractivity contribution is 5.51. The van der Waals surface area contributed by atoms with E-state index in [0.717, 1.165) is 32.1 Å². The largest absolute Gasteiger partial charge is 0.0613 e. The molecule has 0 fully saturated rings. The molecule has 0 aliphatic heterocycles. The minimum absolute atomic E-state index is 0.287. The van der Waals surface area contributed by atoms with E-state index < -0.39 is 0 Å². The zero-order valence-corrected chi connectivity index (χ0v) is 27.9. The molecule has 230 valence electrons. The fourth-order valence-electron chi connectivity index (χ4n) is 6.57. The van der Waals surface area contributed by atoms with E-state index in [1.54, 1.807) is 0 Å². The molecule has 6 aromatic rings. The van der Waals surface area contributed by atoms with Crippen LogP contribution in [0.3, 0.4) is 0 Å². The van der Waals surface area contributed by atoms with E-state index in [2.05, 4.69) is 173 Å². The Morgan fingerprint density at radius 2 is 0.543 bits per heavy atom. The summed E-state index contributed by atoms with van der Waals surface area (Å²) >= 11 is 0. The van der Waals surface area contributed by atoms with E-state index in [0.29, 0.717) is 0 Å². The molecule has 0 radical (unpaired) electrons. The smallest absolute Gasteiger partial charge is 0.0423 e. The van der Waals surface area contributed by atoms with Crippen molar-refractivity contribution >= 4 is 0 Å². The van der Waals surface area contributed by atoms with E-state index in [4.69, 9.17) is 0 Å². The summed E-state index contributed by atoms with van der Waals surface area (Å²) in [5.41, 5.74) is 15.8. The maximum Gasteiger partial charge on any atom is 0.0423 e. The zero-order valence-electron chi connectivity index (χ0n) is 27.9. The van der Waals surface area contributed by atoms with Crippen LogP contribution >= 0.6 is 0 Å². The zero-order chi connectivity index (χ0) is 31.9. The van der Waals surface area contributed by atoms with Gasteiger partial charge in [0.1, 0.15) is 0 Å². The third kappa shape index (κ3) is 7.24. The minimum atomic E-state index is -0.287. The van der Waals surface area contributed by atoms with Crippen LogP contribution in [0, 0.1) is 6.92 Å². The molecule has 0 bridgehead atoms. The van der Waals surface area contributed by atoms with Gasteiger partial charge in [0.15, 0.2) is 0 Å². The van der Waals surface area contributed by atoms with Gasteiger partial charge in [-0.3, -0.25) is 0 Å². The summed E-state index contributed by atoms with van der Waals surface area (Å²) in [6.07, 6.45) is 4.99. The standard InChI is InChI=1S/C46H46/c1-5-35-11-15-38(16-12-35)32-41-21-27-44(28-22-41)46(4,43-25-19-40(20-26-43)31-37-9-7-34(3)8-10-37)45-29-23-42(24-30-45)33-39-17-13-36(6-2)14-18-39/h7-30H,5-6,31-33H2,1-4H3. The lowest BCUT2D eigenvalue weighted by Gasteiger charge is -2.32. The van der Waals surface area contributed by atoms with Crippen LogP contribution in [0.5, 0.6) is 0 Å². The first-order chi connectivity index (χ1) is 22.4. The van der Waals surface area contributed by atoms with E-state index in [-0.39, 0.29) is 5.41 Å². The number of hydrogen-bond donors (Lipinski definition) is 0. The maximum atomic E-state index is 2.39. The number of benzene rings is 6. The van der Waals surface area contributed by atoms with Crippen molar-refractivity contribution in [2.24, 2.45) is 0 Å². The highest BCUT2D eigenvalue weighted by Crippen LogP contribution is 2.39. The Morgan fingerprint density at radius 1 is 0.326 bits per heavy atom. The van der Waals surface area contributed by atoms with Crippen LogP contribution in [0.25, 0.3) is 0 Å². The first kappa shape index (κ1) is 31.3. The van der Waals surface area contributed by atoms with Gasteiger partial charge in [0.05, 0.1) is 0 Å². The van der Waals surface area contributed by atoms with E-state index in [1.165, 1.54) is 66.8 Å². The van der Waals surface area contributed by atoms with Crippen molar-refractivity contribution in [3.63, 3.8) is 0 Å². The van der Waals surface area contributed by atoms with Crippen LogP contribution in [0.2, 0.25) is 0 Å². The summed E-state index contributed by atoms with van der Waals surface area (Å²) in [5.74, 6) is 0. The average Bonchev–Trinajstić information content (AvgIpc) is 3.10. The molecule has 0 nitrogen and oxygen atoms in total. The molecule has 0 saturated carbocycles. The third-order valence-corrected chi connectivity index (χ3v) is 9.80. The Morgan fingerprint density at radius 3 is 0.804 bits per heavy atom. The Hall–Kier alpha value is -4.68. The van der Waals surface area contributed by atoms with Crippen molar-refractivity contribution in [3.8, 4) is 0 Å². The van der Waals surface area contributed by atoms with Crippen molar-refractivity contribution in [2.45, 2.75) is 65.2 Å². The Balaban J connectivity index is 1.30. The maximum absolute atomic E-state index is 2.39. The fourth-order valence-corrected chi connectivity index (χ4v) is 6.57. The number of aryl methyl sites for hydroxylation is 3. The fraction of sp³-hybridized carbons (Fsp3) is 0.217. The van der Waals surface area contributed by atoms with Crippen molar-refractivity contribution in [1.82, 2.24) is 0 Å². The van der Waals surface area contributed by atoms with Gasteiger partial charge >= 0.3 is 0 Å². The van der Waals surface area contributed by atoms with Crippen molar-refractivity contribution in [1.29, 1.82) is 0 Å². The monoisotopic (exact) mass is 598 g/mol. The van der Waals surface area contributed by atoms with Gasteiger partial charge in [-0.15, -0.1) is 0 Å². The molecule has 46 heavy (non-hydrogen) atoms. The molecule has 0 unspecified atom stereocenters. The molecule has 0 heterocycles. The van der Waals surface area contributed by atoms with Gasteiger partial charge in [0.2, 0.25) is 0 Å². The summed E-state index contributed by atoms with van der Waals surface area (Å²) in [6, 6.07) is 55.0. The first-order valence-electron chi connectivity index (χ1n) is 16.9. The summed E-state index contributed by atoms with van der Waals surface area (Å²) in [5, 5.41) is 0. The van der Waals surface area contributed by atoms with Crippen LogP contribution in [0.1, 0.15) is 87.5 Å². The van der Waals surface area contributed by atoms with Crippen LogP contribution in [0.15, 0.2) is 146 Å². The van der Waals surface area contributed by atoms with Gasteiger partial charge in [0, 0.05) is 5.41 Å². The first-order valence-corrected chi connectivity index (χ1v) is 16.9. The highest BCUT2D eigenvalue weighted by Gasteiger charge is 2.31. The van der Waals surface area contributed by atoms with Gasteiger partial charge in [-0.25, -0.2) is 0 Å². The molecule has 0 saturated heterocycles. The molecule has 0 N–H and O–H groups in total. The van der Waals surface area contributed by atoms with Crippen LogP contribution < -0.4 is 0 Å². The van der Waals surface area contributed by atoms with Crippen molar-refractivity contribution in [2.75, 3.05) is 0 Å². The average molecular weight is 599 g/mol. The Kier molecular flexibility index (Phi) is 9.65. The summed E-state index contributed by atoms with van der Waals surface area (Å²) in [4.78, 5) is 0. The molecule has 0 aliphatic rings. The van der Waals surface area contributed by atoms with Gasteiger partial charge in [-0.2, -0.15) is 0 Å². The van der Waals surface area contributed by atoms with Crippen LogP contribution in [-0.2, 0) is 37.5 Å². The van der Waals surface area contributed by atoms with Gasteiger partial charge < -0.3 is 0 Å². The SMILES string of the molecule is CCc1ccc(Cc2ccc(C(C)(c3ccc(Cc4ccc(C)cc4)cc3)c3ccc(Cc4ccc(CC)cc4)cc3)cc2)cc1. The van der Waals surface area contributed by atoms with Gasteiger partial charge in [0.25, 0.3) is 0 Å². The second-order valence-electron chi connectivity index (χ2n) is 13.1.